The summed E-state index contributed by atoms with van der Waals surface area (Å²) in [7, 11) is 2.09. The summed E-state index contributed by atoms with van der Waals surface area (Å²) in [5, 5.41) is 2.57. The molecule has 0 saturated carbocycles. The van der Waals surface area contributed by atoms with Crippen LogP contribution in [0.4, 0.5) is 0 Å². The minimum atomic E-state index is 0.857. The number of nitrogens with zero attached hydrogens (tertiary/aromatic N) is 2. The molecule has 1 heterocycles. The summed E-state index contributed by atoms with van der Waals surface area (Å²) in [4.78, 5) is 4.75. The fourth-order valence-electron chi connectivity index (χ4n) is 2.88. The third kappa shape index (κ3) is 2.09. The lowest BCUT2D eigenvalue weighted by Crippen LogP contribution is -1.99. The van der Waals surface area contributed by atoms with Crippen molar-refractivity contribution < 1.29 is 0 Å². The molecule has 0 aliphatic heterocycles. The maximum atomic E-state index is 4.75. The van der Waals surface area contributed by atoms with Crippen LogP contribution < -0.4 is 0 Å². The molecule has 4 rings (SSSR count). The monoisotopic (exact) mass is 272 g/mol. The van der Waals surface area contributed by atoms with Crippen LogP contribution in [0.25, 0.3) is 21.8 Å². The Bertz CT molecular complexity index is 935. The van der Waals surface area contributed by atoms with Crippen LogP contribution in [0.1, 0.15) is 11.4 Å². The molecule has 0 N–H and O–H groups in total. The van der Waals surface area contributed by atoms with E-state index >= 15 is 0 Å². The third-order valence-corrected chi connectivity index (χ3v) is 4.06. The molecule has 0 aliphatic carbocycles. The van der Waals surface area contributed by atoms with Crippen LogP contribution in [0.3, 0.4) is 0 Å². The van der Waals surface area contributed by atoms with Gasteiger partial charge in [0.25, 0.3) is 0 Å². The predicted octanol–water partition coefficient (Wildman–Crippen LogP) is 4.32. The van der Waals surface area contributed by atoms with Gasteiger partial charge in [-0.05, 0) is 28.5 Å². The van der Waals surface area contributed by atoms with Gasteiger partial charge in [0.1, 0.15) is 5.82 Å². The zero-order valence-electron chi connectivity index (χ0n) is 12.0. The molecule has 0 radical (unpaired) electrons. The van der Waals surface area contributed by atoms with Crippen LogP contribution in [0.2, 0.25) is 0 Å². The first-order valence-electron chi connectivity index (χ1n) is 7.19. The van der Waals surface area contributed by atoms with Crippen molar-refractivity contribution in [2.24, 2.45) is 7.05 Å². The van der Waals surface area contributed by atoms with Gasteiger partial charge in [0, 0.05) is 13.5 Å². The van der Waals surface area contributed by atoms with Gasteiger partial charge in [-0.2, -0.15) is 0 Å². The normalized spacial score (nSPS) is 11.3. The van der Waals surface area contributed by atoms with Gasteiger partial charge in [-0.15, -0.1) is 0 Å². The van der Waals surface area contributed by atoms with Crippen LogP contribution in [-0.2, 0) is 13.5 Å². The Balaban J connectivity index is 1.77. The smallest absolute Gasteiger partial charge is 0.114 e. The first-order valence-corrected chi connectivity index (χ1v) is 7.19. The van der Waals surface area contributed by atoms with Gasteiger partial charge in [-0.25, -0.2) is 4.98 Å². The van der Waals surface area contributed by atoms with Crippen molar-refractivity contribution in [3.8, 4) is 0 Å². The van der Waals surface area contributed by atoms with Crippen molar-refractivity contribution in [1.82, 2.24) is 9.55 Å². The van der Waals surface area contributed by atoms with Crippen molar-refractivity contribution in [1.29, 1.82) is 0 Å². The number of aryl methyl sites for hydroxylation is 1. The quantitative estimate of drug-likeness (QED) is 0.531. The highest BCUT2D eigenvalue weighted by atomic mass is 15.1. The lowest BCUT2D eigenvalue weighted by molar-refractivity contribution is 0.845. The van der Waals surface area contributed by atoms with Gasteiger partial charge in [0.15, 0.2) is 0 Å². The molecule has 0 fully saturated rings. The van der Waals surface area contributed by atoms with Crippen LogP contribution >= 0.6 is 0 Å². The van der Waals surface area contributed by atoms with Crippen molar-refractivity contribution in [2.45, 2.75) is 6.42 Å². The Morgan fingerprint density at radius 2 is 1.62 bits per heavy atom. The Labute approximate surface area is 123 Å². The molecule has 0 unspecified atom stereocenters. The molecule has 21 heavy (non-hydrogen) atoms. The summed E-state index contributed by atoms with van der Waals surface area (Å²) >= 11 is 0. The van der Waals surface area contributed by atoms with Gasteiger partial charge in [-0.1, -0.05) is 54.6 Å². The van der Waals surface area contributed by atoms with E-state index in [0.717, 1.165) is 17.8 Å². The van der Waals surface area contributed by atoms with Crippen molar-refractivity contribution >= 4 is 21.8 Å². The van der Waals surface area contributed by atoms with E-state index in [1.54, 1.807) is 0 Å². The predicted molar refractivity (Wildman–Crippen MR) is 87.5 cm³/mol. The van der Waals surface area contributed by atoms with E-state index in [0.29, 0.717) is 0 Å². The summed E-state index contributed by atoms with van der Waals surface area (Å²) in [5.74, 6) is 1.10. The summed E-state index contributed by atoms with van der Waals surface area (Å²) in [6.45, 7) is 0. The molecule has 2 nitrogen and oxygen atoms in total. The molecule has 0 atom stereocenters. The molecular weight excluding hydrogens is 256 g/mol. The molecule has 0 aliphatic rings. The van der Waals surface area contributed by atoms with Crippen molar-refractivity contribution in [2.75, 3.05) is 0 Å². The number of benzene rings is 3. The third-order valence-electron chi connectivity index (χ3n) is 4.06. The zero-order chi connectivity index (χ0) is 14.2. The summed E-state index contributed by atoms with van der Waals surface area (Å²) < 4.78 is 2.19. The van der Waals surface area contributed by atoms with E-state index < -0.39 is 0 Å². The molecule has 0 amide bonds. The fourth-order valence-corrected chi connectivity index (χ4v) is 2.88. The zero-order valence-corrected chi connectivity index (χ0v) is 12.0. The molecule has 0 saturated heterocycles. The van der Waals surface area contributed by atoms with E-state index in [2.05, 4.69) is 72.3 Å². The Morgan fingerprint density at radius 3 is 2.48 bits per heavy atom. The molecule has 1 aromatic heterocycles. The van der Waals surface area contributed by atoms with E-state index in [9.17, 15) is 0 Å². The first kappa shape index (κ1) is 12.2. The highest BCUT2D eigenvalue weighted by Crippen LogP contribution is 2.20. The average Bonchev–Trinajstić information content (AvgIpc) is 2.84. The Kier molecular flexibility index (Phi) is 2.74. The van der Waals surface area contributed by atoms with Crippen LogP contribution in [0, 0.1) is 0 Å². The fraction of sp³-hybridized carbons (Fsp3) is 0.105. The van der Waals surface area contributed by atoms with E-state index in [-0.39, 0.29) is 0 Å². The number of imidazole rings is 1. The lowest BCUT2D eigenvalue weighted by Gasteiger charge is -2.05. The number of hydrogen-bond acceptors (Lipinski definition) is 1. The van der Waals surface area contributed by atoms with Gasteiger partial charge in [-0.3, -0.25) is 0 Å². The lowest BCUT2D eigenvalue weighted by atomic mass is 10.1. The molecule has 4 aromatic rings. The Morgan fingerprint density at radius 1 is 0.857 bits per heavy atom. The summed E-state index contributed by atoms with van der Waals surface area (Å²) in [6, 6.07) is 23.4. The Hall–Kier alpha value is -2.61. The van der Waals surface area contributed by atoms with E-state index in [1.807, 2.05) is 6.07 Å². The van der Waals surface area contributed by atoms with Gasteiger partial charge in [0.2, 0.25) is 0 Å². The van der Waals surface area contributed by atoms with Crippen molar-refractivity contribution in [3.63, 3.8) is 0 Å². The van der Waals surface area contributed by atoms with Gasteiger partial charge in [0.05, 0.1) is 11.0 Å². The second-order valence-corrected chi connectivity index (χ2v) is 5.43. The standard InChI is InChI=1S/C19H16N2/c1-21-18-9-5-4-8-17(18)20-19(21)13-14-10-11-15-6-2-3-7-16(15)12-14/h2-12H,13H2,1H3. The van der Waals surface area contributed by atoms with Crippen LogP contribution in [0.5, 0.6) is 0 Å². The molecule has 2 heteroatoms. The minimum Gasteiger partial charge on any atom is -0.331 e. The second-order valence-electron chi connectivity index (χ2n) is 5.43. The van der Waals surface area contributed by atoms with E-state index in [4.69, 9.17) is 4.98 Å². The van der Waals surface area contributed by atoms with Gasteiger partial charge < -0.3 is 4.57 Å². The molecule has 0 bridgehead atoms. The van der Waals surface area contributed by atoms with Crippen molar-refractivity contribution in [3.05, 3.63) is 78.1 Å². The SMILES string of the molecule is Cn1c(Cc2ccc3ccccc3c2)nc2ccccc21. The molecular formula is C19H16N2. The highest BCUT2D eigenvalue weighted by Gasteiger charge is 2.08. The van der Waals surface area contributed by atoms with Crippen LogP contribution in [-0.4, -0.2) is 9.55 Å². The summed E-state index contributed by atoms with van der Waals surface area (Å²) in [5.41, 5.74) is 3.55. The average molecular weight is 272 g/mol. The second kappa shape index (κ2) is 4.74. The number of rotatable bonds is 2. The number of para-hydroxylation sites is 2. The maximum Gasteiger partial charge on any atom is 0.114 e. The summed E-state index contributed by atoms with van der Waals surface area (Å²) in [6.07, 6.45) is 0.857. The number of hydrogen-bond donors (Lipinski definition) is 0. The highest BCUT2D eigenvalue weighted by molar-refractivity contribution is 5.83. The largest absolute Gasteiger partial charge is 0.331 e. The van der Waals surface area contributed by atoms with Crippen LogP contribution in [0.15, 0.2) is 66.7 Å². The first-order chi connectivity index (χ1) is 10.3. The number of fused-ring (bicyclic) bond motifs is 2. The maximum absolute atomic E-state index is 4.75. The van der Waals surface area contributed by atoms with E-state index in [1.165, 1.54) is 21.9 Å². The molecule has 0 spiro atoms. The minimum absolute atomic E-state index is 0.857. The topological polar surface area (TPSA) is 17.8 Å². The molecule has 3 aromatic carbocycles. The van der Waals surface area contributed by atoms with Gasteiger partial charge >= 0.3 is 0 Å². The number of aromatic nitrogens is 2. The molecule has 102 valence electrons.